The van der Waals surface area contributed by atoms with Crippen LogP contribution >= 0.6 is 22.9 Å². The van der Waals surface area contributed by atoms with Crippen molar-refractivity contribution >= 4 is 39.0 Å². The first-order chi connectivity index (χ1) is 11.2. The zero-order valence-electron chi connectivity index (χ0n) is 12.4. The molecule has 118 valence electrons. The standard InChI is InChI=1S/C17H16ClN3OS/c18-12-5-3-11(4-6-12)15-8-14-16(23-15)17(20-10-19-14)21-7-1-2-13(22)9-21/h3-6,8,10,13,22H,1-2,7,9H2/t13-/m1/s1. The molecule has 1 aromatic carbocycles. The second-order valence-electron chi connectivity index (χ2n) is 5.77. The number of nitrogens with zero attached hydrogens (tertiary/aromatic N) is 3. The minimum Gasteiger partial charge on any atom is -0.391 e. The van der Waals surface area contributed by atoms with Crippen molar-refractivity contribution in [2.75, 3.05) is 18.0 Å². The predicted octanol–water partition coefficient (Wildman–Crippen LogP) is 3.97. The van der Waals surface area contributed by atoms with Crippen molar-refractivity contribution in [2.24, 2.45) is 0 Å². The smallest absolute Gasteiger partial charge is 0.150 e. The van der Waals surface area contributed by atoms with Crippen LogP contribution in [0.25, 0.3) is 20.7 Å². The summed E-state index contributed by atoms with van der Waals surface area (Å²) in [6, 6.07) is 9.92. The fourth-order valence-electron chi connectivity index (χ4n) is 2.97. The number of aromatic nitrogens is 2. The number of fused-ring (bicyclic) bond motifs is 1. The highest BCUT2D eigenvalue weighted by molar-refractivity contribution is 7.22. The number of benzene rings is 1. The Bertz CT molecular complexity index is 833. The van der Waals surface area contributed by atoms with Crippen LogP contribution in [0.2, 0.25) is 5.02 Å². The first-order valence-corrected chi connectivity index (χ1v) is 8.83. The van der Waals surface area contributed by atoms with Crippen molar-refractivity contribution in [3.63, 3.8) is 0 Å². The van der Waals surface area contributed by atoms with Gasteiger partial charge in [-0.25, -0.2) is 9.97 Å². The summed E-state index contributed by atoms with van der Waals surface area (Å²) in [5.41, 5.74) is 2.08. The second kappa shape index (κ2) is 6.07. The van der Waals surface area contributed by atoms with Gasteiger partial charge in [-0.3, -0.25) is 0 Å². The Hall–Kier alpha value is -1.69. The van der Waals surface area contributed by atoms with E-state index in [1.807, 2.05) is 24.3 Å². The van der Waals surface area contributed by atoms with Gasteiger partial charge in [0.25, 0.3) is 0 Å². The van der Waals surface area contributed by atoms with Crippen molar-refractivity contribution in [3.05, 3.63) is 41.7 Å². The Labute approximate surface area is 143 Å². The Kier molecular flexibility index (Phi) is 3.93. The quantitative estimate of drug-likeness (QED) is 0.763. The number of halogens is 1. The number of thiophene rings is 1. The topological polar surface area (TPSA) is 49.2 Å². The van der Waals surface area contributed by atoms with E-state index in [0.29, 0.717) is 6.54 Å². The molecule has 0 spiro atoms. The van der Waals surface area contributed by atoms with Gasteiger partial charge < -0.3 is 10.0 Å². The molecule has 0 saturated carbocycles. The van der Waals surface area contributed by atoms with Gasteiger partial charge >= 0.3 is 0 Å². The van der Waals surface area contributed by atoms with E-state index in [9.17, 15) is 5.11 Å². The number of aliphatic hydroxyl groups is 1. The summed E-state index contributed by atoms with van der Waals surface area (Å²) in [5.74, 6) is 0.930. The maximum absolute atomic E-state index is 9.93. The number of aliphatic hydroxyl groups excluding tert-OH is 1. The molecule has 1 atom stereocenters. The fourth-order valence-corrected chi connectivity index (χ4v) is 4.23. The Morgan fingerprint density at radius 1 is 1.22 bits per heavy atom. The number of hydrogen-bond acceptors (Lipinski definition) is 5. The molecule has 6 heteroatoms. The van der Waals surface area contributed by atoms with E-state index < -0.39 is 0 Å². The van der Waals surface area contributed by atoms with E-state index in [4.69, 9.17) is 11.6 Å². The predicted molar refractivity (Wildman–Crippen MR) is 95.3 cm³/mol. The van der Waals surface area contributed by atoms with Crippen molar-refractivity contribution in [1.82, 2.24) is 9.97 Å². The molecule has 0 aliphatic carbocycles. The zero-order chi connectivity index (χ0) is 15.8. The SMILES string of the molecule is O[C@@H]1CCCN(c2ncnc3cc(-c4ccc(Cl)cc4)sc23)C1. The monoisotopic (exact) mass is 345 g/mol. The molecule has 0 amide bonds. The van der Waals surface area contributed by atoms with Gasteiger partial charge in [0.05, 0.1) is 16.3 Å². The van der Waals surface area contributed by atoms with Gasteiger partial charge in [-0.05, 0) is 36.6 Å². The molecule has 1 fully saturated rings. The van der Waals surface area contributed by atoms with Crippen molar-refractivity contribution < 1.29 is 5.11 Å². The van der Waals surface area contributed by atoms with E-state index in [-0.39, 0.29) is 6.10 Å². The Morgan fingerprint density at radius 3 is 2.83 bits per heavy atom. The molecule has 2 aromatic heterocycles. The maximum Gasteiger partial charge on any atom is 0.150 e. The van der Waals surface area contributed by atoms with Gasteiger partial charge in [0, 0.05) is 23.0 Å². The van der Waals surface area contributed by atoms with Gasteiger partial charge in [-0.15, -0.1) is 11.3 Å². The summed E-state index contributed by atoms with van der Waals surface area (Å²) in [7, 11) is 0. The third kappa shape index (κ3) is 2.92. The molecule has 4 rings (SSSR count). The summed E-state index contributed by atoms with van der Waals surface area (Å²) >= 11 is 7.66. The van der Waals surface area contributed by atoms with Gasteiger partial charge in [-0.2, -0.15) is 0 Å². The Balaban J connectivity index is 1.76. The van der Waals surface area contributed by atoms with Crippen molar-refractivity contribution in [1.29, 1.82) is 0 Å². The van der Waals surface area contributed by atoms with E-state index in [1.165, 1.54) is 0 Å². The van der Waals surface area contributed by atoms with Crippen LogP contribution in [0, 0.1) is 0 Å². The average molecular weight is 346 g/mol. The number of anilines is 1. The Morgan fingerprint density at radius 2 is 2.04 bits per heavy atom. The zero-order valence-corrected chi connectivity index (χ0v) is 14.0. The van der Waals surface area contributed by atoms with E-state index in [1.54, 1.807) is 17.7 Å². The number of β-amino-alcohol motifs (C(OH)–C–C–N with tert-alkyl or cyclic N) is 1. The molecular weight excluding hydrogens is 330 g/mol. The summed E-state index contributed by atoms with van der Waals surface area (Å²) in [6.07, 6.45) is 3.19. The molecule has 0 radical (unpaired) electrons. The maximum atomic E-state index is 9.93. The minimum absolute atomic E-state index is 0.274. The highest BCUT2D eigenvalue weighted by Gasteiger charge is 2.22. The summed E-state index contributed by atoms with van der Waals surface area (Å²) in [4.78, 5) is 12.2. The summed E-state index contributed by atoms with van der Waals surface area (Å²) < 4.78 is 1.08. The number of hydrogen-bond donors (Lipinski definition) is 1. The highest BCUT2D eigenvalue weighted by Crippen LogP contribution is 2.37. The largest absolute Gasteiger partial charge is 0.391 e. The van der Waals surface area contributed by atoms with Crippen molar-refractivity contribution in [3.8, 4) is 10.4 Å². The molecule has 4 nitrogen and oxygen atoms in total. The number of piperidine rings is 1. The van der Waals surface area contributed by atoms with Gasteiger partial charge in [-0.1, -0.05) is 23.7 Å². The molecule has 3 heterocycles. The first-order valence-electron chi connectivity index (χ1n) is 7.64. The highest BCUT2D eigenvalue weighted by atomic mass is 35.5. The van der Waals surface area contributed by atoms with Gasteiger partial charge in [0.2, 0.25) is 0 Å². The lowest BCUT2D eigenvalue weighted by molar-refractivity contribution is 0.154. The lowest BCUT2D eigenvalue weighted by Gasteiger charge is -2.31. The second-order valence-corrected chi connectivity index (χ2v) is 7.26. The van der Waals surface area contributed by atoms with Crippen LogP contribution in [-0.4, -0.2) is 34.3 Å². The van der Waals surface area contributed by atoms with Crippen LogP contribution in [0.3, 0.4) is 0 Å². The van der Waals surface area contributed by atoms with E-state index in [0.717, 1.165) is 50.9 Å². The average Bonchev–Trinajstić information content (AvgIpc) is 2.99. The third-order valence-electron chi connectivity index (χ3n) is 4.12. The normalized spacial score (nSPS) is 18.5. The summed E-state index contributed by atoms with van der Waals surface area (Å²) in [6.45, 7) is 1.57. The molecule has 23 heavy (non-hydrogen) atoms. The molecular formula is C17H16ClN3OS. The lowest BCUT2D eigenvalue weighted by Crippen LogP contribution is -2.38. The van der Waals surface area contributed by atoms with Crippen LogP contribution in [0.4, 0.5) is 5.82 Å². The minimum atomic E-state index is -0.274. The molecule has 0 bridgehead atoms. The van der Waals surface area contributed by atoms with Crippen LogP contribution in [0.5, 0.6) is 0 Å². The van der Waals surface area contributed by atoms with Gasteiger partial charge in [0.1, 0.15) is 12.1 Å². The van der Waals surface area contributed by atoms with Gasteiger partial charge in [0.15, 0.2) is 0 Å². The number of rotatable bonds is 2. The molecule has 1 aliphatic rings. The van der Waals surface area contributed by atoms with E-state index in [2.05, 4.69) is 20.9 Å². The molecule has 1 saturated heterocycles. The lowest BCUT2D eigenvalue weighted by atomic mass is 10.1. The molecule has 1 N–H and O–H groups in total. The fraction of sp³-hybridized carbons (Fsp3) is 0.294. The first kappa shape index (κ1) is 14.9. The summed E-state index contributed by atoms with van der Waals surface area (Å²) in [5, 5.41) is 10.7. The van der Waals surface area contributed by atoms with Crippen LogP contribution in [-0.2, 0) is 0 Å². The van der Waals surface area contributed by atoms with Crippen LogP contribution in [0.15, 0.2) is 36.7 Å². The molecule has 1 aliphatic heterocycles. The molecule has 3 aromatic rings. The van der Waals surface area contributed by atoms with E-state index >= 15 is 0 Å². The van der Waals surface area contributed by atoms with Crippen molar-refractivity contribution in [2.45, 2.75) is 18.9 Å². The van der Waals surface area contributed by atoms with Crippen LogP contribution < -0.4 is 4.90 Å². The molecule has 0 unspecified atom stereocenters. The van der Waals surface area contributed by atoms with Crippen LogP contribution in [0.1, 0.15) is 12.8 Å². The third-order valence-corrected chi connectivity index (χ3v) is 5.54.